The lowest BCUT2D eigenvalue weighted by Gasteiger charge is -2.37. The second-order valence-corrected chi connectivity index (χ2v) is 9.90. The molecule has 1 aliphatic heterocycles. The molecule has 38 heavy (non-hydrogen) atoms. The Hall–Kier alpha value is -4.20. The Balaban J connectivity index is 1.35. The Morgan fingerprint density at radius 2 is 1.58 bits per heavy atom. The van der Waals surface area contributed by atoms with E-state index < -0.39 is 5.82 Å². The van der Waals surface area contributed by atoms with Gasteiger partial charge in [-0.25, -0.2) is 4.39 Å². The van der Waals surface area contributed by atoms with Crippen molar-refractivity contribution < 1.29 is 18.8 Å². The number of hydrogen-bond donors (Lipinski definition) is 1. The van der Waals surface area contributed by atoms with Gasteiger partial charge in [0.15, 0.2) is 0 Å². The zero-order valence-electron chi connectivity index (χ0n) is 21.4. The molecule has 3 amide bonds. The molecule has 2 fully saturated rings. The van der Waals surface area contributed by atoms with Crippen LogP contribution in [0.15, 0.2) is 72.8 Å². The number of nitrogens with zero attached hydrogens (tertiary/aromatic N) is 3. The third-order valence-electron chi connectivity index (χ3n) is 7.06. The smallest absolute Gasteiger partial charge is 0.256 e. The quantitative estimate of drug-likeness (QED) is 0.507. The molecule has 196 valence electrons. The van der Waals surface area contributed by atoms with Crippen molar-refractivity contribution in [3.05, 3.63) is 95.3 Å². The van der Waals surface area contributed by atoms with E-state index in [-0.39, 0.29) is 29.2 Å². The summed E-state index contributed by atoms with van der Waals surface area (Å²) in [5.41, 5.74) is 2.91. The number of carbonyl (C=O) groups excluding carboxylic acids is 3. The number of amides is 3. The SMILES string of the molecule is CN(Cc1ccccc1)C(=O)c1cc(NC(=O)C2CC2)ccc1N1CCN(C(=O)c2ccccc2F)CC1. The molecule has 0 radical (unpaired) electrons. The Morgan fingerprint density at radius 3 is 2.26 bits per heavy atom. The summed E-state index contributed by atoms with van der Waals surface area (Å²) in [6.07, 6.45) is 1.79. The molecule has 8 heteroatoms. The normalized spacial score (nSPS) is 15.2. The summed E-state index contributed by atoms with van der Waals surface area (Å²) < 4.78 is 14.2. The topological polar surface area (TPSA) is 73.0 Å². The number of nitrogens with one attached hydrogen (secondary N) is 1. The van der Waals surface area contributed by atoms with E-state index in [4.69, 9.17) is 0 Å². The number of benzene rings is 3. The van der Waals surface area contributed by atoms with Crippen molar-refractivity contribution in [1.82, 2.24) is 9.80 Å². The maximum absolute atomic E-state index is 14.2. The van der Waals surface area contributed by atoms with Crippen molar-refractivity contribution in [2.45, 2.75) is 19.4 Å². The molecule has 1 N–H and O–H groups in total. The van der Waals surface area contributed by atoms with E-state index in [0.717, 1.165) is 24.1 Å². The molecule has 3 aromatic carbocycles. The molecule has 0 atom stereocenters. The second-order valence-electron chi connectivity index (χ2n) is 9.90. The van der Waals surface area contributed by atoms with E-state index in [1.165, 1.54) is 12.1 Å². The molecule has 3 aromatic rings. The van der Waals surface area contributed by atoms with Crippen molar-refractivity contribution in [1.29, 1.82) is 0 Å². The third-order valence-corrected chi connectivity index (χ3v) is 7.06. The molecule has 0 aromatic heterocycles. The standard InChI is InChI=1S/C30H31FN4O3/c1-33(20-21-7-3-2-4-8-21)29(37)25-19-23(32-28(36)22-11-12-22)13-14-27(25)34-15-17-35(18-16-34)30(38)24-9-5-6-10-26(24)31/h2-10,13-14,19,22H,11-12,15-18,20H2,1H3,(H,32,36). The highest BCUT2D eigenvalue weighted by Gasteiger charge is 2.31. The zero-order valence-corrected chi connectivity index (χ0v) is 21.4. The van der Waals surface area contributed by atoms with Gasteiger partial charge >= 0.3 is 0 Å². The first kappa shape index (κ1) is 25.4. The first-order valence-corrected chi connectivity index (χ1v) is 12.9. The Kier molecular flexibility index (Phi) is 7.40. The molecular formula is C30H31FN4O3. The summed E-state index contributed by atoms with van der Waals surface area (Å²) in [5, 5.41) is 2.95. The van der Waals surface area contributed by atoms with Crippen molar-refractivity contribution in [3.63, 3.8) is 0 Å². The molecular weight excluding hydrogens is 483 g/mol. The minimum Gasteiger partial charge on any atom is -0.367 e. The molecule has 0 unspecified atom stereocenters. The minimum atomic E-state index is -0.530. The summed E-state index contributed by atoms with van der Waals surface area (Å²) >= 11 is 0. The lowest BCUT2D eigenvalue weighted by atomic mass is 10.1. The molecule has 1 heterocycles. The highest BCUT2D eigenvalue weighted by molar-refractivity contribution is 6.02. The highest BCUT2D eigenvalue weighted by atomic mass is 19.1. The average molecular weight is 515 g/mol. The average Bonchev–Trinajstić information content (AvgIpc) is 3.79. The van der Waals surface area contributed by atoms with Crippen molar-refractivity contribution in [2.75, 3.05) is 43.4 Å². The van der Waals surface area contributed by atoms with E-state index in [9.17, 15) is 18.8 Å². The first-order chi connectivity index (χ1) is 18.4. The van der Waals surface area contributed by atoms with Crippen LogP contribution in [0, 0.1) is 11.7 Å². The monoisotopic (exact) mass is 514 g/mol. The van der Waals surface area contributed by atoms with Crippen LogP contribution in [0.4, 0.5) is 15.8 Å². The van der Waals surface area contributed by atoms with E-state index in [2.05, 4.69) is 10.2 Å². The van der Waals surface area contributed by atoms with Crippen LogP contribution in [-0.2, 0) is 11.3 Å². The highest BCUT2D eigenvalue weighted by Crippen LogP contribution is 2.32. The van der Waals surface area contributed by atoms with Gasteiger partial charge in [-0.15, -0.1) is 0 Å². The van der Waals surface area contributed by atoms with Crippen LogP contribution in [0.25, 0.3) is 0 Å². The number of piperazine rings is 1. The zero-order chi connectivity index (χ0) is 26.6. The Labute approximate surface area is 221 Å². The summed E-state index contributed by atoms with van der Waals surface area (Å²) in [5.74, 6) is -0.988. The molecule has 1 saturated carbocycles. The summed E-state index contributed by atoms with van der Waals surface area (Å²) in [7, 11) is 1.76. The fourth-order valence-electron chi connectivity index (χ4n) is 4.74. The minimum absolute atomic E-state index is 0.0194. The fourth-order valence-corrected chi connectivity index (χ4v) is 4.74. The molecule has 7 nitrogen and oxygen atoms in total. The number of halogens is 1. The molecule has 1 saturated heterocycles. The van der Waals surface area contributed by atoms with Crippen molar-refractivity contribution in [3.8, 4) is 0 Å². The van der Waals surface area contributed by atoms with Gasteiger partial charge in [0, 0.05) is 57.1 Å². The van der Waals surface area contributed by atoms with E-state index in [1.54, 1.807) is 35.0 Å². The van der Waals surface area contributed by atoms with E-state index >= 15 is 0 Å². The van der Waals surface area contributed by atoms with Gasteiger partial charge in [-0.1, -0.05) is 42.5 Å². The van der Waals surface area contributed by atoms with Gasteiger partial charge in [0.05, 0.1) is 11.1 Å². The summed E-state index contributed by atoms with van der Waals surface area (Å²) in [6.45, 7) is 2.25. The van der Waals surface area contributed by atoms with Gasteiger partial charge < -0.3 is 20.0 Å². The van der Waals surface area contributed by atoms with Gasteiger partial charge in [-0.2, -0.15) is 0 Å². The van der Waals surface area contributed by atoms with Gasteiger partial charge in [-0.05, 0) is 48.7 Å². The predicted octanol–water partition coefficient (Wildman–Crippen LogP) is 4.41. The number of rotatable bonds is 7. The second kappa shape index (κ2) is 11.0. The van der Waals surface area contributed by atoms with Gasteiger partial charge in [0.25, 0.3) is 11.8 Å². The number of hydrogen-bond acceptors (Lipinski definition) is 4. The van der Waals surface area contributed by atoms with Crippen LogP contribution in [0.2, 0.25) is 0 Å². The Bertz CT molecular complexity index is 1330. The number of anilines is 2. The van der Waals surface area contributed by atoms with Crippen LogP contribution in [0.1, 0.15) is 39.1 Å². The van der Waals surface area contributed by atoms with E-state index in [1.807, 2.05) is 42.5 Å². The van der Waals surface area contributed by atoms with Gasteiger partial charge in [-0.3, -0.25) is 14.4 Å². The Morgan fingerprint density at radius 1 is 0.895 bits per heavy atom. The molecule has 0 spiro atoms. The number of carbonyl (C=O) groups is 3. The first-order valence-electron chi connectivity index (χ1n) is 12.9. The lowest BCUT2D eigenvalue weighted by Crippen LogP contribution is -2.49. The predicted molar refractivity (Wildman–Crippen MR) is 145 cm³/mol. The van der Waals surface area contributed by atoms with Crippen molar-refractivity contribution >= 4 is 29.1 Å². The van der Waals surface area contributed by atoms with Crippen LogP contribution in [0.5, 0.6) is 0 Å². The largest absolute Gasteiger partial charge is 0.367 e. The molecule has 1 aliphatic carbocycles. The lowest BCUT2D eigenvalue weighted by molar-refractivity contribution is -0.117. The molecule has 5 rings (SSSR count). The summed E-state index contributed by atoms with van der Waals surface area (Å²) in [6, 6.07) is 21.2. The third kappa shape index (κ3) is 5.69. The van der Waals surface area contributed by atoms with Crippen LogP contribution in [0.3, 0.4) is 0 Å². The van der Waals surface area contributed by atoms with Gasteiger partial charge in [0.2, 0.25) is 5.91 Å². The van der Waals surface area contributed by atoms with Crippen LogP contribution in [-0.4, -0.2) is 60.7 Å². The maximum Gasteiger partial charge on any atom is 0.256 e. The van der Waals surface area contributed by atoms with Crippen LogP contribution < -0.4 is 10.2 Å². The maximum atomic E-state index is 14.2. The molecule has 2 aliphatic rings. The van der Waals surface area contributed by atoms with E-state index in [0.29, 0.717) is 44.0 Å². The molecule has 0 bridgehead atoms. The fraction of sp³-hybridized carbons (Fsp3) is 0.300. The summed E-state index contributed by atoms with van der Waals surface area (Å²) in [4.78, 5) is 44.3. The van der Waals surface area contributed by atoms with Gasteiger partial charge in [0.1, 0.15) is 5.82 Å². The van der Waals surface area contributed by atoms with Crippen LogP contribution >= 0.6 is 0 Å². The van der Waals surface area contributed by atoms with Crippen molar-refractivity contribution in [2.24, 2.45) is 5.92 Å².